The molecule has 4 nitrogen and oxygen atoms in total. The van der Waals surface area contributed by atoms with Gasteiger partial charge in [-0.15, -0.1) is 0 Å². The molecule has 0 aromatic heterocycles. The van der Waals surface area contributed by atoms with E-state index in [4.69, 9.17) is 0 Å². The van der Waals surface area contributed by atoms with Crippen LogP contribution in [0.3, 0.4) is 0 Å². The van der Waals surface area contributed by atoms with Gasteiger partial charge < -0.3 is 10.2 Å². The van der Waals surface area contributed by atoms with E-state index in [9.17, 15) is 9.59 Å². The zero-order chi connectivity index (χ0) is 10.8. The van der Waals surface area contributed by atoms with Crippen molar-refractivity contribution in [1.29, 1.82) is 0 Å². The SMILES string of the molecule is CC1C(=O)NCCN1C(=O)C1=CCCC1. The highest BCUT2D eigenvalue weighted by atomic mass is 16.2. The van der Waals surface area contributed by atoms with Crippen LogP contribution in [-0.4, -0.2) is 35.8 Å². The first-order valence-corrected chi connectivity index (χ1v) is 5.48. The molecule has 1 atom stereocenters. The monoisotopic (exact) mass is 208 g/mol. The Labute approximate surface area is 89.3 Å². The predicted molar refractivity (Wildman–Crippen MR) is 56.1 cm³/mol. The fraction of sp³-hybridized carbons (Fsp3) is 0.636. The molecule has 1 fully saturated rings. The lowest BCUT2D eigenvalue weighted by Crippen LogP contribution is -2.56. The third kappa shape index (κ3) is 1.89. The lowest BCUT2D eigenvalue weighted by molar-refractivity contribution is -0.139. The average molecular weight is 208 g/mol. The molecule has 4 heteroatoms. The van der Waals surface area contributed by atoms with Crippen LogP contribution < -0.4 is 5.32 Å². The van der Waals surface area contributed by atoms with Crippen molar-refractivity contribution in [2.75, 3.05) is 13.1 Å². The van der Waals surface area contributed by atoms with Crippen molar-refractivity contribution in [3.05, 3.63) is 11.6 Å². The number of carbonyl (C=O) groups excluding carboxylic acids is 2. The fourth-order valence-corrected chi connectivity index (χ4v) is 2.11. The summed E-state index contributed by atoms with van der Waals surface area (Å²) >= 11 is 0. The first kappa shape index (κ1) is 10.2. The Balaban J connectivity index is 2.08. The predicted octanol–water partition coefficient (Wildman–Crippen LogP) is 0.444. The van der Waals surface area contributed by atoms with E-state index in [2.05, 4.69) is 5.32 Å². The van der Waals surface area contributed by atoms with Gasteiger partial charge in [0.25, 0.3) is 0 Å². The fourth-order valence-electron chi connectivity index (χ4n) is 2.11. The van der Waals surface area contributed by atoms with E-state index in [0.717, 1.165) is 24.8 Å². The van der Waals surface area contributed by atoms with Gasteiger partial charge >= 0.3 is 0 Å². The summed E-state index contributed by atoms with van der Waals surface area (Å²) in [6, 6.07) is -0.326. The van der Waals surface area contributed by atoms with E-state index in [1.165, 1.54) is 0 Å². The lowest BCUT2D eigenvalue weighted by atomic mass is 10.1. The minimum absolute atomic E-state index is 0.0480. The molecule has 2 rings (SSSR count). The molecule has 1 heterocycles. The molecule has 2 aliphatic rings. The van der Waals surface area contributed by atoms with Crippen LogP contribution in [-0.2, 0) is 9.59 Å². The van der Waals surface area contributed by atoms with E-state index in [0.29, 0.717) is 13.1 Å². The van der Waals surface area contributed by atoms with Gasteiger partial charge in [-0.25, -0.2) is 0 Å². The number of nitrogens with zero attached hydrogens (tertiary/aromatic N) is 1. The minimum atomic E-state index is -0.326. The smallest absolute Gasteiger partial charge is 0.250 e. The first-order valence-electron chi connectivity index (χ1n) is 5.48. The normalized spacial score (nSPS) is 26.2. The molecular weight excluding hydrogens is 192 g/mol. The Morgan fingerprint density at radius 1 is 1.60 bits per heavy atom. The molecule has 0 spiro atoms. The summed E-state index contributed by atoms with van der Waals surface area (Å²) in [5, 5.41) is 2.75. The number of nitrogens with one attached hydrogen (secondary N) is 1. The zero-order valence-corrected chi connectivity index (χ0v) is 8.95. The third-order valence-electron chi connectivity index (χ3n) is 3.08. The van der Waals surface area contributed by atoms with Gasteiger partial charge in [0.1, 0.15) is 6.04 Å². The summed E-state index contributed by atoms with van der Waals surface area (Å²) in [6.07, 6.45) is 4.93. The molecule has 15 heavy (non-hydrogen) atoms. The second-order valence-corrected chi connectivity index (χ2v) is 4.09. The average Bonchev–Trinajstić information content (AvgIpc) is 2.74. The van der Waals surface area contributed by atoms with Crippen molar-refractivity contribution < 1.29 is 9.59 Å². The highest BCUT2D eigenvalue weighted by Gasteiger charge is 2.31. The number of allylic oxidation sites excluding steroid dienone is 1. The maximum Gasteiger partial charge on any atom is 0.250 e. The van der Waals surface area contributed by atoms with E-state index >= 15 is 0 Å². The van der Waals surface area contributed by atoms with Crippen LogP contribution in [0.2, 0.25) is 0 Å². The van der Waals surface area contributed by atoms with Gasteiger partial charge in [-0.2, -0.15) is 0 Å². The molecule has 1 unspecified atom stereocenters. The standard InChI is InChI=1S/C11H16N2O2/c1-8-10(14)12-6-7-13(8)11(15)9-4-2-3-5-9/h4,8H,2-3,5-7H2,1H3,(H,12,14). The first-order chi connectivity index (χ1) is 7.20. The van der Waals surface area contributed by atoms with Crippen molar-refractivity contribution in [3.63, 3.8) is 0 Å². The van der Waals surface area contributed by atoms with Crippen LogP contribution in [0.5, 0.6) is 0 Å². The lowest BCUT2D eigenvalue weighted by Gasteiger charge is -2.33. The maximum absolute atomic E-state index is 12.0. The van der Waals surface area contributed by atoms with Crippen molar-refractivity contribution in [2.24, 2.45) is 0 Å². The number of piperazine rings is 1. The van der Waals surface area contributed by atoms with Crippen LogP contribution in [0.15, 0.2) is 11.6 Å². The van der Waals surface area contributed by atoms with E-state index in [1.54, 1.807) is 11.8 Å². The summed E-state index contributed by atoms with van der Waals surface area (Å²) < 4.78 is 0. The van der Waals surface area contributed by atoms with Gasteiger partial charge in [-0.05, 0) is 26.2 Å². The zero-order valence-electron chi connectivity index (χ0n) is 8.95. The van der Waals surface area contributed by atoms with Crippen LogP contribution in [0, 0.1) is 0 Å². The van der Waals surface area contributed by atoms with Crippen LogP contribution in [0.1, 0.15) is 26.2 Å². The number of hydrogen-bond acceptors (Lipinski definition) is 2. The Hall–Kier alpha value is -1.32. The van der Waals surface area contributed by atoms with Crippen molar-refractivity contribution >= 4 is 11.8 Å². The van der Waals surface area contributed by atoms with Gasteiger partial charge in [-0.1, -0.05) is 6.08 Å². The number of carbonyl (C=O) groups is 2. The molecule has 1 N–H and O–H groups in total. The highest BCUT2D eigenvalue weighted by molar-refractivity contribution is 5.97. The molecule has 0 radical (unpaired) electrons. The van der Waals surface area contributed by atoms with E-state index in [1.807, 2.05) is 6.08 Å². The summed E-state index contributed by atoms with van der Waals surface area (Å²) in [5.41, 5.74) is 0.886. The van der Waals surface area contributed by atoms with Crippen LogP contribution in [0.4, 0.5) is 0 Å². The quantitative estimate of drug-likeness (QED) is 0.680. The summed E-state index contributed by atoms with van der Waals surface area (Å²) in [4.78, 5) is 25.1. The van der Waals surface area contributed by atoms with Gasteiger partial charge in [-0.3, -0.25) is 9.59 Å². The minimum Gasteiger partial charge on any atom is -0.353 e. The number of amides is 2. The van der Waals surface area contributed by atoms with Crippen molar-refractivity contribution in [2.45, 2.75) is 32.2 Å². The summed E-state index contributed by atoms with van der Waals surface area (Å²) in [6.45, 7) is 2.98. The maximum atomic E-state index is 12.0. The molecule has 82 valence electrons. The van der Waals surface area contributed by atoms with Gasteiger partial charge in [0, 0.05) is 18.7 Å². The highest BCUT2D eigenvalue weighted by Crippen LogP contribution is 2.21. The van der Waals surface area contributed by atoms with Gasteiger partial charge in [0.15, 0.2) is 0 Å². The second kappa shape index (κ2) is 4.04. The van der Waals surface area contributed by atoms with Gasteiger partial charge in [0.2, 0.25) is 11.8 Å². The molecule has 0 saturated carbocycles. The Bertz CT molecular complexity index is 323. The van der Waals surface area contributed by atoms with E-state index < -0.39 is 0 Å². The molecule has 0 bridgehead atoms. The Morgan fingerprint density at radius 2 is 2.40 bits per heavy atom. The number of hydrogen-bond donors (Lipinski definition) is 1. The second-order valence-electron chi connectivity index (χ2n) is 4.09. The van der Waals surface area contributed by atoms with Crippen LogP contribution in [0.25, 0.3) is 0 Å². The molecular formula is C11H16N2O2. The molecule has 0 aromatic carbocycles. The molecule has 1 aliphatic carbocycles. The summed E-state index contributed by atoms with van der Waals surface area (Å²) in [5.74, 6) is 0.00282. The number of rotatable bonds is 1. The third-order valence-corrected chi connectivity index (χ3v) is 3.08. The topological polar surface area (TPSA) is 49.4 Å². The van der Waals surface area contributed by atoms with Crippen molar-refractivity contribution in [3.8, 4) is 0 Å². The Morgan fingerprint density at radius 3 is 3.07 bits per heavy atom. The largest absolute Gasteiger partial charge is 0.353 e. The molecule has 1 saturated heterocycles. The van der Waals surface area contributed by atoms with Gasteiger partial charge in [0.05, 0.1) is 0 Å². The molecule has 0 aromatic rings. The summed E-state index contributed by atoms with van der Waals surface area (Å²) in [7, 11) is 0. The van der Waals surface area contributed by atoms with E-state index in [-0.39, 0.29) is 17.9 Å². The molecule has 2 amide bonds. The van der Waals surface area contributed by atoms with Crippen LogP contribution >= 0.6 is 0 Å². The van der Waals surface area contributed by atoms with Crippen molar-refractivity contribution in [1.82, 2.24) is 10.2 Å². The Kier molecular flexibility index (Phi) is 2.75. The molecule has 1 aliphatic heterocycles.